The van der Waals surface area contributed by atoms with Gasteiger partial charge in [0.15, 0.2) is 0 Å². The lowest BCUT2D eigenvalue weighted by atomic mass is 10.0. The molecule has 1 aromatic rings. The molecule has 20 heavy (non-hydrogen) atoms. The van der Waals surface area contributed by atoms with Crippen molar-refractivity contribution in [2.75, 3.05) is 19.0 Å². The molecule has 6 heteroatoms. The van der Waals surface area contributed by atoms with Crippen molar-refractivity contribution in [1.29, 1.82) is 0 Å². The fourth-order valence-corrected chi connectivity index (χ4v) is 2.43. The summed E-state index contributed by atoms with van der Waals surface area (Å²) in [5.41, 5.74) is 0.825. The molecule has 0 amide bonds. The predicted molar refractivity (Wildman–Crippen MR) is 76.3 cm³/mol. The number of ether oxygens (including phenoxy) is 2. The summed E-state index contributed by atoms with van der Waals surface area (Å²) in [5, 5.41) is 14.2. The molecule has 0 spiro atoms. The molecule has 1 aromatic carbocycles. The number of nitrogens with zero attached hydrogens (tertiary/aromatic N) is 1. The van der Waals surface area contributed by atoms with Gasteiger partial charge >= 0.3 is 0 Å². The fraction of sp³-hybridized carbons (Fsp3) is 0.571. The SMILES string of the molecule is CCC1CC(Nc2ccc([N+](=O)[O-])cc2OC)CCO1. The predicted octanol–water partition coefficient (Wildman–Crippen LogP) is 2.97. The van der Waals surface area contributed by atoms with Crippen LogP contribution in [0.1, 0.15) is 26.2 Å². The van der Waals surface area contributed by atoms with Crippen LogP contribution in [0.25, 0.3) is 0 Å². The van der Waals surface area contributed by atoms with Gasteiger partial charge < -0.3 is 14.8 Å². The molecule has 2 atom stereocenters. The summed E-state index contributed by atoms with van der Waals surface area (Å²) in [6.07, 6.45) is 3.15. The number of methoxy groups -OCH3 is 1. The van der Waals surface area contributed by atoms with E-state index in [4.69, 9.17) is 9.47 Å². The molecule has 1 saturated heterocycles. The van der Waals surface area contributed by atoms with E-state index in [9.17, 15) is 10.1 Å². The van der Waals surface area contributed by atoms with Crippen LogP contribution in [0, 0.1) is 10.1 Å². The minimum atomic E-state index is -0.423. The molecule has 1 heterocycles. The molecule has 0 radical (unpaired) electrons. The van der Waals surface area contributed by atoms with Crippen LogP contribution in [0.2, 0.25) is 0 Å². The van der Waals surface area contributed by atoms with E-state index in [1.54, 1.807) is 6.07 Å². The third kappa shape index (κ3) is 3.39. The molecule has 2 unspecified atom stereocenters. The first-order valence-electron chi connectivity index (χ1n) is 6.84. The van der Waals surface area contributed by atoms with Gasteiger partial charge in [0.1, 0.15) is 5.75 Å². The summed E-state index contributed by atoms with van der Waals surface area (Å²) in [6, 6.07) is 4.94. The van der Waals surface area contributed by atoms with Gasteiger partial charge in [-0.3, -0.25) is 10.1 Å². The van der Waals surface area contributed by atoms with Crippen molar-refractivity contribution in [3.05, 3.63) is 28.3 Å². The van der Waals surface area contributed by atoms with Crippen LogP contribution in [0.15, 0.2) is 18.2 Å². The maximum atomic E-state index is 10.8. The molecular formula is C14H20N2O4. The van der Waals surface area contributed by atoms with Crippen LogP contribution in [0.5, 0.6) is 5.75 Å². The van der Waals surface area contributed by atoms with E-state index in [0.29, 0.717) is 11.8 Å². The van der Waals surface area contributed by atoms with Crippen molar-refractivity contribution in [3.8, 4) is 5.75 Å². The second kappa shape index (κ2) is 6.56. The molecule has 1 fully saturated rings. The van der Waals surface area contributed by atoms with Gasteiger partial charge in [-0.15, -0.1) is 0 Å². The number of hydrogen-bond donors (Lipinski definition) is 1. The minimum absolute atomic E-state index is 0.0332. The molecule has 6 nitrogen and oxygen atoms in total. The molecule has 0 aromatic heterocycles. The summed E-state index contributed by atoms with van der Waals surface area (Å²) >= 11 is 0. The molecule has 0 bridgehead atoms. The van der Waals surface area contributed by atoms with Crippen molar-refractivity contribution < 1.29 is 14.4 Å². The van der Waals surface area contributed by atoms with Crippen LogP contribution in [-0.4, -0.2) is 30.8 Å². The van der Waals surface area contributed by atoms with Crippen molar-refractivity contribution in [2.24, 2.45) is 0 Å². The highest BCUT2D eigenvalue weighted by Crippen LogP contribution is 2.31. The van der Waals surface area contributed by atoms with Gasteiger partial charge in [-0.1, -0.05) is 6.92 Å². The lowest BCUT2D eigenvalue weighted by Crippen LogP contribution is -2.33. The molecule has 1 N–H and O–H groups in total. The van der Waals surface area contributed by atoms with Gasteiger partial charge in [0.05, 0.1) is 29.9 Å². The first-order chi connectivity index (χ1) is 9.63. The van der Waals surface area contributed by atoms with E-state index in [2.05, 4.69) is 12.2 Å². The van der Waals surface area contributed by atoms with Crippen LogP contribution in [-0.2, 0) is 4.74 Å². The molecule has 1 aliphatic heterocycles. The molecular weight excluding hydrogens is 260 g/mol. The first kappa shape index (κ1) is 14.6. The maximum absolute atomic E-state index is 10.8. The quantitative estimate of drug-likeness (QED) is 0.663. The van der Waals surface area contributed by atoms with E-state index in [0.717, 1.165) is 31.6 Å². The number of non-ortho nitro benzene ring substituents is 1. The van der Waals surface area contributed by atoms with Crippen molar-refractivity contribution in [1.82, 2.24) is 0 Å². The highest BCUT2D eigenvalue weighted by molar-refractivity contribution is 5.61. The number of benzene rings is 1. The summed E-state index contributed by atoms with van der Waals surface area (Å²) in [6.45, 7) is 2.85. The number of nitro groups is 1. The Kier molecular flexibility index (Phi) is 4.79. The Labute approximate surface area is 118 Å². The minimum Gasteiger partial charge on any atom is -0.494 e. The zero-order valence-corrected chi connectivity index (χ0v) is 11.8. The second-order valence-electron chi connectivity index (χ2n) is 4.91. The standard InChI is InChI=1S/C14H20N2O4/c1-3-12-8-10(6-7-20-12)15-13-5-4-11(16(17)18)9-14(13)19-2/h4-5,9-10,12,15H,3,6-8H2,1-2H3. The number of nitrogens with one attached hydrogen (secondary N) is 1. The number of anilines is 1. The summed E-state index contributed by atoms with van der Waals surface area (Å²) in [4.78, 5) is 10.3. The van der Waals surface area contributed by atoms with E-state index in [1.807, 2.05) is 0 Å². The maximum Gasteiger partial charge on any atom is 0.273 e. The van der Waals surface area contributed by atoms with Crippen LogP contribution < -0.4 is 10.1 Å². The Morgan fingerprint density at radius 1 is 1.55 bits per heavy atom. The van der Waals surface area contributed by atoms with Gasteiger partial charge in [-0.2, -0.15) is 0 Å². The van der Waals surface area contributed by atoms with E-state index in [1.165, 1.54) is 19.2 Å². The van der Waals surface area contributed by atoms with E-state index < -0.39 is 4.92 Å². The number of hydrogen-bond acceptors (Lipinski definition) is 5. The highest BCUT2D eigenvalue weighted by Gasteiger charge is 2.22. The van der Waals surface area contributed by atoms with Gasteiger partial charge in [-0.25, -0.2) is 0 Å². The molecule has 2 rings (SSSR count). The molecule has 0 aliphatic carbocycles. The topological polar surface area (TPSA) is 73.6 Å². The second-order valence-corrected chi connectivity index (χ2v) is 4.91. The Bertz CT molecular complexity index is 478. The number of rotatable bonds is 5. The van der Waals surface area contributed by atoms with Gasteiger partial charge in [-0.05, 0) is 25.3 Å². The monoisotopic (exact) mass is 280 g/mol. The van der Waals surface area contributed by atoms with Crippen LogP contribution >= 0.6 is 0 Å². The lowest BCUT2D eigenvalue weighted by Gasteiger charge is -2.30. The highest BCUT2D eigenvalue weighted by atomic mass is 16.6. The normalized spacial score (nSPS) is 22.3. The Hall–Kier alpha value is -1.82. The summed E-state index contributed by atoms with van der Waals surface area (Å²) < 4.78 is 10.9. The average molecular weight is 280 g/mol. The number of nitro benzene ring substituents is 1. The summed E-state index contributed by atoms with van der Waals surface area (Å²) in [7, 11) is 1.52. The average Bonchev–Trinajstić information content (AvgIpc) is 2.47. The molecule has 1 aliphatic rings. The van der Waals surface area contributed by atoms with E-state index in [-0.39, 0.29) is 11.8 Å². The Balaban J connectivity index is 2.10. The smallest absolute Gasteiger partial charge is 0.273 e. The lowest BCUT2D eigenvalue weighted by molar-refractivity contribution is -0.384. The van der Waals surface area contributed by atoms with Crippen LogP contribution in [0.3, 0.4) is 0 Å². The Morgan fingerprint density at radius 3 is 3.00 bits per heavy atom. The van der Waals surface area contributed by atoms with Crippen molar-refractivity contribution in [3.63, 3.8) is 0 Å². The zero-order valence-electron chi connectivity index (χ0n) is 11.8. The van der Waals surface area contributed by atoms with Crippen molar-refractivity contribution >= 4 is 11.4 Å². The van der Waals surface area contributed by atoms with Gasteiger partial charge in [0, 0.05) is 18.7 Å². The first-order valence-corrected chi connectivity index (χ1v) is 6.84. The molecule has 110 valence electrons. The third-order valence-corrected chi connectivity index (χ3v) is 3.58. The largest absolute Gasteiger partial charge is 0.494 e. The molecule has 0 saturated carbocycles. The van der Waals surface area contributed by atoms with Crippen molar-refractivity contribution in [2.45, 2.75) is 38.3 Å². The van der Waals surface area contributed by atoms with Crippen LogP contribution in [0.4, 0.5) is 11.4 Å². The zero-order chi connectivity index (χ0) is 14.5. The summed E-state index contributed by atoms with van der Waals surface area (Å²) in [5.74, 6) is 0.499. The Morgan fingerprint density at radius 2 is 2.35 bits per heavy atom. The van der Waals surface area contributed by atoms with Gasteiger partial charge in [0.2, 0.25) is 0 Å². The van der Waals surface area contributed by atoms with E-state index >= 15 is 0 Å². The fourth-order valence-electron chi connectivity index (χ4n) is 2.43. The third-order valence-electron chi connectivity index (χ3n) is 3.58. The van der Waals surface area contributed by atoms with Gasteiger partial charge in [0.25, 0.3) is 5.69 Å².